The minimum Gasteiger partial charge on any atom is -0.508 e. The van der Waals surface area contributed by atoms with Gasteiger partial charge < -0.3 is 10.8 Å². The fourth-order valence-corrected chi connectivity index (χ4v) is 2.14. The number of phenolic OH excluding ortho intramolecular Hbond substituents is 1. The SMILES string of the molecule is Cc1ccc(C(C)(N)Cc2cccc(O)c2)cc1F. The van der Waals surface area contributed by atoms with E-state index in [1.54, 1.807) is 31.2 Å². The van der Waals surface area contributed by atoms with Gasteiger partial charge >= 0.3 is 0 Å². The van der Waals surface area contributed by atoms with E-state index in [-0.39, 0.29) is 11.6 Å². The Morgan fingerprint density at radius 1 is 1.21 bits per heavy atom. The van der Waals surface area contributed by atoms with Crippen molar-refractivity contribution in [2.75, 3.05) is 0 Å². The van der Waals surface area contributed by atoms with E-state index in [2.05, 4.69) is 0 Å². The van der Waals surface area contributed by atoms with Gasteiger partial charge in [0.05, 0.1) is 0 Å². The monoisotopic (exact) mass is 259 g/mol. The standard InChI is InChI=1S/C16H18FNO/c1-11-6-7-13(9-15(11)17)16(2,18)10-12-4-3-5-14(19)8-12/h3-9,19H,10,18H2,1-2H3. The Hall–Kier alpha value is -1.87. The minimum atomic E-state index is -0.678. The summed E-state index contributed by atoms with van der Waals surface area (Å²) in [6, 6.07) is 12.0. The second-order valence-corrected chi connectivity index (χ2v) is 5.23. The van der Waals surface area contributed by atoms with E-state index >= 15 is 0 Å². The lowest BCUT2D eigenvalue weighted by molar-refractivity contribution is 0.466. The Bertz CT molecular complexity index is 593. The van der Waals surface area contributed by atoms with E-state index in [4.69, 9.17) is 5.73 Å². The summed E-state index contributed by atoms with van der Waals surface area (Å²) in [4.78, 5) is 0. The largest absolute Gasteiger partial charge is 0.508 e. The van der Waals surface area contributed by atoms with Crippen LogP contribution >= 0.6 is 0 Å². The van der Waals surface area contributed by atoms with Gasteiger partial charge in [0.2, 0.25) is 0 Å². The average Bonchev–Trinajstić information content (AvgIpc) is 2.32. The Balaban J connectivity index is 2.29. The molecule has 0 aliphatic carbocycles. The topological polar surface area (TPSA) is 46.2 Å². The lowest BCUT2D eigenvalue weighted by Crippen LogP contribution is -2.35. The van der Waals surface area contributed by atoms with Gasteiger partial charge in [-0.05, 0) is 55.2 Å². The Labute approximate surface area is 112 Å². The van der Waals surface area contributed by atoms with E-state index in [1.807, 2.05) is 19.1 Å². The molecule has 0 spiro atoms. The molecular weight excluding hydrogens is 241 g/mol. The second kappa shape index (κ2) is 5.02. The molecule has 2 rings (SSSR count). The van der Waals surface area contributed by atoms with Gasteiger partial charge in [-0.15, -0.1) is 0 Å². The molecule has 0 aliphatic heterocycles. The molecule has 19 heavy (non-hydrogen) atoms. The van der Waals surface area contributed by atoms with Crippen molar-refractivity contribution in [3.05, 3.63) is 65.0 Å². The van der Waals surface area contributed by atoms with Gasteiger partial charge in [-0.1, -0.05) is 24.3 Å². The van der Waals surface area contributed by atoms with Crippen molar-refractivity contribution in [3.8, 4) is 5.75 Å². The first-order valence-electron chi connectivity index (χ1n) is 6.22. The molecule has 1 unspecified atom stereocenters. The molecule has 0 bridgehead atoms. The summed E-state index contributed by atoms with van der Waals surface area (Å²) in [6.07, 6.45) is 0.532. The van der Waals surface area contributed by atoms with E-state index in [0.717, 1.165) is 11.1 Å². The third-order valence-corrected chi connectivity index (χ3v) is 3.31. The number of nitrogens with two attached hydrogens (primary N) is 1. The van der Waals surface area contributed by atoms with Crippen LogP contribution in [0, 0.1) is 12.7 Å². The smallest absolute Gasteiger partial charge is 0.126 e. The number of phenols is 1. The fraction of sp³-hybridized carbons (Fsp3) is 0.250. The van der Waals surface area contributed by atoms with Gasteiger partial charge in [0.15, 0.2) is 0 Å². The van der Waals surface area contributed by atoms with Crippen LogP contribution in [0.5, 0.6) is 5.75 Å². The third-order valence-electron chi connectivity index (χ3n) is 3.31. The molecule has 0 saturated carbocycles. The van der Waals surface area contributed by atoms with Gasteiger partial charge in [0.25, 0.3) is 0 Å². The van der Waals surface area contributed by atoms with Crippen LogP contribution in [0.3, 0.4) is 0 Å². The van der Waals surface area contributed by atoms with E-state index in [9.17, 15) is 9.50 Å². The minimum absolute atomic E-state index is 0.211. The summed E-state index contributed by atoms with van der Waals surface area (Å²) in [7, 11) is 0. The van der Waals surface area contributed by atoms with Crippen molar-refractivity contribution in [1.29, 1.82) is 0 Å². The second-order valence-electron chi connectivity index (χ2n) is 5.23. The Morgan fingerprint density at radius 2 is 1.95 bits per heavy atom. The zero-order chi connectivity index (χ0) is 14.0. The first-order chi connectivity index (χ1) is 8.88. The molecule has 2 nitrogen and oxygen atoms in total. The quantitative estimate of drug-likeness (QED) is 0.888. The van der Waals surface area contributed by atoms with Crippen LogP contribution in [0.15, 0.2) is 42.5 Å². The Morgan fingerprint density at radius 3 is 2.58 bits per heavy atom. The first kappa shape index (κ1) is 13.6. The lowest BCUT2D eigenvalue weighted by Gasteiger charge is -2.26. The van der Waals surface area contributed by atoms with Crippen LogP contribution in [0.4, 0.5) is 4.39 Å². The molecule has 3 N–H and O–H groups in total. The molecule has 0 saturated heterocycles. The molecule has 0 radical (unpaired) electrons. The van der Waals surface area contributed by atoms with Crippen molar-refractivity contribution in [2.24, 2.45) is 5.73 Å². The maximum absolute atomic E-state index is 13.6. The van der Waals surface area contributed by atoms with Gasteiger partial charge in [0.1, 0.15) is 11.6 Å². The van der Waals surface area contributed by atoms with Crippen molar-refractivity contribution < 1.29 is 9.50 Å². The maximum atomic E-state index is 13.6. The van der Waals surface area contributed by atoms with Crippen molar-refractivity contribution >= 4 is 0 Å². The number of hydrogen-bond donors (Lipinski definition) is 2. The van der Waals surface area contributed by atoms with Gasteiger partial charge in [-0.25, -0.2) is 4.39 Å². The summed E-state index contributed by atoms with van der Waals surface area (Å²) < 4.78 is 13.6. The van der Waals surface area contributed by atoms with E-state index < -0.39 is 5.54 Å². The van der Waals surface area contributed by atoms with E-state index in [1.165, 1.54) is 6.07 Å². The average molecular weight is 259 g/mol. The summed E-state index contributed by atoms with van der Waals surface area (Å²) in [5, 5.41) is 9.46. The maximum Gasteiger partial charge on any atom is 0.126 e. The highest BCUT2D eigenvalue weighted by Gasteiger charge is 2.22. The molecular formula is C16H18FNO. The zero-order valence-electron chi connectivity index (χ0n) is 11.2. The van der Waals surface area contributed by atoms with Gasteiger partial charge in [-0.3, -0.25) is 0 Å². The van der Waals surface area contributed by atoms with E-state index in [0.29, 0.717) is 12.0 Å². The highest BCUT2D eigenvalue weighted by molar-refractivity contribution is 5.33. The van der Waals surface area contributed by atoms with Crippen molar-refractivity contribution in [1.82, 2.24) is 0 Å². The highest BCUT2D eigenvalue weighted by Crippen LogP contribution is 2.25. The normalized spacial score (nSPS) is 14.1. The lowest BCUT2D eigenvalue weighted by atomic mass is 9.86. The summed E-state index contributed by atoms with van der Waals surface area (Å²) in [5.41, 5.74) is 7.89. The molecule has 1 atom stereocenters. The molecule has 100 valence electrons. The van der Waals surface area contributed by atoms with Crippen molar-refractivity contribution in [2.45, 2.75) is 25.8 Å². The molecule has 0 heterocycles. The van der Waals surface area contributed by atoms with Crippen LogP contribution in [-0.2, 0) is 12.0 Å². The number of halogens is 1. The van der Waals surface area contributed by atoms with Crippen molar-refractivity contribution in [3.63, 3.8) is 0 Å². The zero-order valence-corrected chi connectivity index (χ0v) is 11.2. The van der Waals surface area contributed by atoms with Crippen LogP contribution in [0.1, 0.15) is 23.6 Å². The molecule has 0 aromatic heterocycles. The number of rotatable bonds is 3. The van der Waals surface area contributed by atoms with Crippen LogP contribution in [0.2, 0.25) is 0 Å². The summed E-state index contributed by atoms with van der Waals surface area (Å²) in [6.45, 7) is 3.59. The van der Waals surface area contributed by atoms with Crippen LogP contribution in [-0.4, -0.2) is 5.11 Å². The predicted octanol–water partition coefficient (Wildman–Crippen LogP) is 3.26. The van der Waals surface area contributed by atoms with Crippen LogP contribution < -0.4 is 5.73 Å². The molecule has 0 amide bonds. The number of aromatic hydroxyl groups is 1. The van der Waals surface area contributed by atoms with Crippen LogP contribution in [0.25, 0.3) is 0 Å². The Kier molecular flexibility index (Phi) is 3.58. The van der Waals surface area contributed by atoms with Gasteiger partial charge in [-0.2, -0.15) is 0 Å². The molecule has 0 aliphatic rings. The fourth-order valence-electron chi connectivity index (χ4n) is 2.14. The summed E-state index contributed by atoms with van der Waals surface area (Å²) >= 11 is 0. The number of benzene rings is 2. The first-order valence-corrected chi connectivity index (χ1v) is 6.22. The van der Waals surface area contributed by atoms with Gasteiger partial charge in [0, 0.05) is 5.54 Å². The molecule has 2 aromatic rings. The molecule has 3 heteroatoms. The third kappa shape index (κ3) is 3.12. The summed E-state index contributed by atoms with van der Waals surface area (Å²) in [5.74, 6) is -0.0338. The highest BCUT2D eigenvalue weighted by atomic mass is 19.1. The number of hydrogen-bond acceptors (Lipinski definition) is 2. The predicted molar refractivity (Wildman–Crippen MR) is 74.5 cm³/mol. The molecule has 0 fully saturated rings. The molecule has 2 aromatic carbocycles. The number of aryl methyl sites for hydroxylation is 1.